The van der Waals surface area contributed by atoms with Gasteiger partial charge in [0.1, 0.15) is 5.60 Å². The lowest BCUT2D eigenvalue weighted by molar-refractivity contribution is 0.0603. The molecule has 4 nitrogen and oxygen atoms in total. The number of nitrogens with zero attached hydrogens (tertiary/aromatic N) is 2. The van der Waals surface area contributed by atoms with Crippen LogP contribution in [0.1, 0.15) is 40.0 Å². The fraction of sp³-hybridized carbons (Fsp3) is 0.727. The van der Waals surface area contributed by atoms with Gasteiger partial charge < -0.3 is 4.74 Å². The fourth-order valence-corrected chi connectivity index (χ4v) is 1.50. The first-order valence-electron chi connectivity index (χ1n) is 5.12. The summed E-state index contributed by atoms with van der Waals surface area (Å²) in [6.45, 7) is 5.38. The van der Waals surface area contributed by atoms with E-state index in [1.54, 1.807) is 20.8 Å². The maximum Gasteiger partial charge on any atom is 0.434 e. The molecule has 0 heterocycles. The third-order valence-electron chi connectivity index (χ3n) is 2.11. The molecule has 82 valence electrons. The number of rotatable bonds is 0. The Kier molecular flexibility index (Phi) is 3.46. The predicted octanol–water partition coefficient (Wildman–Crippen LogP) is 2.69. The number of carbonyl (C=O) groups excluding carboxylic acids is 1. The lowest BCUT2D eigenvalue weighted by Crippen LogP contribution is -2.23. The predicted molar refractivity (Wildman–Crippen MR) is 56.6 cm³/mol. The van der Waals surface area contributed by atoms with Crippen molar-refractivity contribution in [2.24, 2.45) is 10.9 Å². The number of carbonyl (C=O) groups is 1. The molecular weight excluding hydrogens is 192 g/mol. The summed E-state index contributed by atoms with van der Waals surface area (Å²) in [5.41, 5.74) is 0.147. The van der Waals surface area contributed by atoms with Gasteiger partial charge in [0, 0.05) is 5.71 Å². The van der Waals surface area contributed by atoms with Crippen LogP contribution in [0.2, 0.25) is 0 Å². The molecule has 0 aromatic carbocycles. The second-order valence-electron chi connectivity index (χ2n) is 4.66. The van der Waals surface area contributed by atoms with E-state index in [1.165, 1.54) is 0 Å². The SMILES string of the molecule is CC(C)(C)OC(=O)/N=C1\CCC[C@@H]1C#N. The fourth-order valence-electron chi connectivity index (χ4n) is 1.50. The van der Waals surface area contributed by atoms with E-state index in [0.29, 0.717) is 5.71 Å². The van der Waals surface area contributed by atoms with Crippen LogP contribution in [-0.2, 0) is 4.74 Å². The molecule has 0 spiro atoms. The zero-order valence-corrected chi connectivity index (χ0v) is 9.41. The second-order valence-corrected chi connectivity index (χ2v) is 4.66. The normalized spacial score (nSPS) is 23.9. The van der Waals surface area contributed by atoms with Crippen LogP contribution < -0.4 is 0 Å². The van der Waals surface area contributed by atoms with Gasteiger partial charge in [0.05, 0.1) is 12.0 Å². The minimum absolute atomic E-state index is 0.197. The van der Waals surface area contributed by atoms with Gasteiger partial charge in [-0.1, -0.05) is 0 Å². The quantitative estimate of drug-likeness (QED) is 0.614. The van der Waals surface area contributed by atoms with Gasteiger partial charge in [-0.3, -0.25) is 0 Å². The lowest BCUT2D eigenvalue weighted by atomic mass is 10.1. The summed E-state index contributed by atoms with van der Waals surface area (Å²) in [5, 5.41) is 8.80. The number of amides is 1. The molecule has 0 radical (unpaired) electrons. The van der Waals surface area contributed by atoms with Crippen molar-refractivity contribution < 1.29 is 9.53 Å². The monoisotopic (exact) mass is 208 g/mol. The topological polar surface area (TPSA) is 62.4 Å². The molecule has 0 aromatic heterocycles. The molecule has 1 aliphatic rings. The summed E-state index contributed by atoms with van der Waals surface area (Å²) in [6, 6.07) is 2.14. The number of hydrogen-bond donors (Lipinski definition) is 0. The van der Waals surface area contributed by atoms with Gasteiger partial charge in [-0.05, 0) is 40.0 Å². The Morgan fingerprint density at radius 2 is 2.27 bits per heavy atom. The Morgan fingerprint density at radius 1 is 1.60 bits per heavy atom. The molecule has 0 N–H and O–H groups in total. The van der Waals surface area contributed by atoms with E-state index in [4.69, 9.17) is 10.00 Å². The summed E-state index contributed by atoms with van der Waals surface area (Å²) in [4.78, 5) is 15.2. The number of hydrogen-bond acceptors (Lipinski definition) is 3. The lowest BCUT2D eigenvalue weighted by Gasteiger charge is -2.17. The summed E-state index contributed by atoms with van der Waals surface area (Å²) in [5.74, 6) is -0.197. The van der Waals surface area contributed by atoms with Crippen molar-refractivity contribution in [3.8, 4) is 6.07 Å². The van der Waals surface area contributed by atoms with Gasteiger partial charge in [-0.25, -0.2) is 4.79 Å². The summed E-state index contributed by atoms with van der Waals surface area (Å²) >= 11 is 0. The smallest absolute Gasteiger partial charge is 0.434 e. The Morgan fingerprint density at radius 3 is 2.80 bits per heavy atom. The Labute approximate surface area is 89.9 Å². The van der Waals surface area contributed by atoms with Crippen LogP contribution in [0, 0.1) is 17.2 Å². The molecule has 1 fully saturated rings. The van der Waals surface area contributed by atoms with Crippen LogP contribution in [-0.4, -0.2) is 17.4 Å². The van der Waals surface area contributed by atoms with Gasteiger partial charge in [0.2, 0.25) is 0 Å². The first-order valence-corrected chi connectivity index (χ1v) is 5.12. The van der Waals surface area contributed by atoms with E-state index in [0.717, 1.165) is 19.3 Å². The van der Waals surface area contributed by atoms with Crippen molar-refractivity contribution in [1.82, 2.24) is 0 Å². The Hall–Kier alpha value is -1.37. The highest BCUT2D eigenvalue weighted by atomic mass is 16.6. The summed E-state index contributed by atoms with van der Waals surface area (Å²) in [7, 11) is 0. The second kappa shape index (κ2) is 4.43. The summed E-state index contributed by atoms with van der Waals surface area (Å²) < 4.78 is 5.06. The van der Waals surface area contributed by atoms with Crippen molar-refractivity contribution in [1.29, 1.82) is 5.26 Å². The van der Waals surface area contributed by atoms with Crippen LogP contribution in [0.4, 0.5) is 4.79 Å². The molecule has 1 aliphatic carbocycles. The molecule has 4 heteroatoms. The van der Waals surface area contributed by atoms with Crippen LogP contribution in [0.5, 0.6) is 0 Å². The highest BCUT2D eigenvalue weighted by Crippen LogP contribution is 2.22. The van der Waals surface area contributed by atoms with Crippen molar-refractivity contribution in [3.63, 3.8) is 0 Å². The molecule has 15 heavy (non-hydrogen) atoms. The maximum atomic E-state index is 11.4. The number of ether oxygens (including phenoxy) is 1. The zero-order chi connectivity index (χ0) is 11.5. The third kappa shape index (κ3) is 3.70. The molecule has 1 atom stereocenters. The molecule has 1 rings (SSSR count). The average molecular weight is 208 g/mol. The molecular formula is C11H16N2O2. The van der Waals surface area contributed by atoms with E-state index in [9.17, 15) is 4.79 Å². The number of aliphatic imine (C=N–C) groups is 1. The molecule has 0 saturated heterocycles. The van der Waals surface area contributed by atoms with Crippen LogP contribution >= 0.6 is 0 Å². The highest BCUT2D eigenvalue weighted by molar-refractivity contribution is 5.97. The minimum atomic E-state index is -0.584. The van der Waals surface area contributed by atoms with Gasteiger partial charge in [0.25, 0.3) is 0 Å². The molecule has 0 unspecified atom stereocenters. The van der Waals surface area contributed by atoms with Crippen LogP contribution in [0.25, 0.3) is 0 Å². The largest absolute Gasteiger partial charge is 0.442 e. The van der Waals surface area contributed by atoms with E-state index in [-0.39, 0.29) is 5.92 Å². The van der Waals surface area contributed by atoms with Crippen molar-refractivity contribution in [3.05, 3.63) is 0 Å². The van der Waals surface area contributed by atoms with Gasteiger partial charge in [-0.15, -0.1) is 0 Å². The van der Waals surface area contributed by atoms with Crippen molar-refractivity contribution in [2.75, 3.05) is 0 Å². The Bertz CT molecular complexity index is 320. The van der Waals surface area contributed by atoms with Gasteiger partial charge >= 0.3 is 6.09 Å². The highest BCUT2D eigenvalue weighted by Gasteiger charge is 2.24. The van der Waals surface area contributed by atoms with Crippen LogP contribution in [0.3, 0.4) is 0 Å². The number of nitriles is 1. The van der Waals surface area contributed by atoms with E-state index < -0.39 is 11.7 Å². The average Bonchev–Trinajstić information content (AvgIpc) is 2.48. The van der Waals surface area contributed by atoms with Crippen molar-refractivity contribution >= 4 is 11.8 Å². The van der Waals surface area contributed by atoms with Crippen molar-refractivity contribution in [2.45, 2.75) is 45.6 Å². The molecule has 1 amide bonds. The molecule has 0 aromatic rings. The molecule has 1 saturated carbocycles. The van der Waals surface area contributed by atoms with E-state index >= 15 is 0 Å². The maximum absolute atomic E-state index is 11.4. The minimum Gasteiger partial charge on any atom is -0.442 e. The Balaban J connectivity index is 2.63. The first kappa shape index (κ1) is 11.7. The van der Waals surface area contributed by atoms with E-state index in [2.05, 4.69) is 11.1 Å². The molecule has 0 aliphatic heterocycles. The van der Waals surface area contributed by atoms with Crippen LogP contribution in [0.15, 0.2) is 4.99 Å². The van der Waals surface area contributed by atoms with Gasteiger partial charge in [-0.2, -0.15) is 10.3 Å². The first-order chi connectivity index (χ1) is 6.92. The third-order valence-corrected chi connectivity index (χ3v) is 2.11. The van der Waals surface area contributed by atoms with E-state index in [1.807, 2.05) is 0 Å². The van der Waals surface area contributed by atoms with Gasteiger partial charge in [0.15, 0.2) is 0 Å². The summed E-state index contributed by atoms with van der Waals surface area (Å²) in [6.07, 6.45) is 1.88. The standard InChI is InChI=1S/C11H16N2O2/c1-11(2,3)15-10(14)13-9-6-4-5-8(9)7-12/h8H,4-6H2,1-3H3/b13-9+/t8-/m1/s1. The molecule has 0 bridgehead atoms. The zero-order valence-electron chi connectivity index (χ0n) is 9.41.